The highest BCUT2D eigenvalue weighted by Crippen LogP contribution is 2.38. The Morgan fingerprint density at radius 3 is 2.76 bits per heavy atom. The molecule has 0 N–H and O–H groups in total. The summed E-state index contributed by atoms with van der Waals surface area (Å²) in [5, 5.41) is 2.31. The van der Waals surface area contributed by atoms with E-state index in [1.807, 2.05) is 29.2 Å². The second kappa shape index (κ2) is 3.08. The first-order chi connectivity index (χ1) is 8.34. The van der Waals surface area contributed by atoms with Crippen molar-refractivity contribution in [3.63, 3.8) is 0 Å². The fraction of sp³-hybridized carbons (Fsp3) is 0.214. The van der Waals surface area contributed by atoms with Gasteiger partial charge in [-0.25, -0.2) is 0 Å². The Morgan fingerprint density at radius 1 is 1.18 bits per heavy atom. The van der Waals surface area contributed by atoms with Crippen molar-refractivity contribution < 1.29 is 9.53 Å². The van der Waals surface area contributed by atoms with Crippen LogP contribution in [0.15, 0.2) is 36.4 Å². The van der Waals surface area contributed by atoms with E-state index in [9.17, 15) is 4.79 Å². The van der Waals surface area contributed by atoms with Crippen LogP contribution in [0.4, 0.5) is 0 Å². The maximum atomic E-state index is 12.2. The Kier molecular flexibility index (Phi) is 1.66. The van der Waals surface area contributed by atoms with Crippen molar-refractivity contribution in [2.24, 2.45) is 0 Å². The number of fused-ring (bicyclic) bond motifs is 4. The highest BCUT2D eigenvalue weighted by atomic mass is 16.5. The fourth-order valence-electron chi connectivity index (χ4n) is 2.77. The molecule has 0 aliphatic carbocycles. The van der Waals surface area contributed by atoms with E-state index in [-0.39, 0.29) is 11.9 Å². The van der Waals surface area contributed by atoms with Gasteiger partial charge in [0.15, 0.2) is 0 Å². The molecule has 2 aromatic rings. The summed E-state index contributed by atoms with van der Waals surface area (Å²) < 4.78 is 5.36. The molecule has 1 amide bonds. The van der Waals surface area contributed by atoms with Gasteiger partial charge in [-0.1, -0.05) is 24.3 Å². The third kappa shape index (κ3) is 1.12. The zero-order chi connectivity index (χ0) is 11.4. The van der Waals surface area contributed by atoms with Crippen LogP contribution < -0.4 is 0 Å². The number of nitrogens with zero attached hydrogens (tertiary/aromatic N) is 1. The summed E-state index contributed by atoms with van der Waals surface area (Å²) in [6, 6.07) is 12.4. The zero-order valence-corrected chi connectivity index (χ0v) is 9.22. The lowest BCUT2D eigenvalue weighted by molar-refractivity contribution is 0.0690. The molecule has 3 heteroatoms. The molecular formula is C14H11NO2. The average Bonchev–Trinajstić information content (AvgIpc) is 2.92. The summed E-state index contributed by atoms with van der Waals surface area (Å²) in [5.41, 5.74) is 1.96. The summed E-state index contributed by atoms with van der Waals surface area (Å²) in [6.45, 7) is 1.05. The summed E-state index contributed by atoms with van der Waals surface area (Å²) in [6.07, 6.45) is 0. The summed E-state index contributed by atoms with van der Waals surface area (Å²) in [7, 11) is 0. The molecule has 2 heterocycles. The van der Waals surface area contributed by atoms with Crippen LogP contribution in [0.1, 0.15) is 22.0 Å². The van der Waals surface area contributed by atoms with Crippen molar-refractivity contribution >= 4 is 16.7 Å². The number of amides is 1. The van der Waals surface area contributed by atoms with Crippen LogP contribution in [0.5, 0.6) is 0 Å². The van der Waals surface area contributed by atoms with Gasteiger partial charge in [0.25, 0.3) is 5.91 Å². The highest BCUT2D eigenvalue weighted by Gasteiger charge is 2.40. The second-order valence-electron chi connectivity index (χ2n) is 4.58. The van der Waals surface area contributed by atoms with E-state index >= 15 is 0 Å². The Hall–Kier alpha value is -1.87. The Bertz CT molecular complexity index is 635. The van der Waals surface area contributed by atoms with Crippen LogP contribution in [0.25, 0.3) is 10.8 Å². The third-order valence-corrected chi connectivity index (χ3v) is 3.65. The lowest BCUT2D eigenvalue weighted by Gasteiger charge is -2.11. The number of benzene rings is 2. The number of ether oxygens (including phenoxy) is 1. The molecule has 0 spiro atoms. The normalized spacial score (nSPS) is 22.0. The molecule has 4 rings (SSSR count). The summed E-state index contributed by atoms with van der Waals surface area (Å²) in [5.74, 6) is 0.105. The van der Waals surface area contributed by atoms with Crippen molar-refractivity contribution in [3.8, 4) is 0 Å². The monoisotopic (exact) mass is 225 g/mol. The molecule has 1 fully saturated rings. The van der Waals surface area contributed by atoms with Crippen molar-refractivity contribution in [1.82, 2.24) is 4.90 Å². The van der Waals surface area contributed by atoms with Crippen molar-refractivity contribution in [2.45, 2.75) is 6.04 Å². The average molecular weight is 225 g/mol. The summed E-state index contributed by atoms with van der Waals surface area (Å²) >= 11 is 0. The lowest BCUT2D eigenvalue weighted by Crippen LogP contribution is -2.23. The largest absolute Gasteiger partial charge is 0.359 e. The number of hydrogen-bond acceptors (Lipinski definition) is 2. The molecule has 3 nitrogen and oxygen atoms in total. The van der Waals surface area contributed by atoms with Gasteiger partial charge in [-0.05, 0) is 28.5 Å². The molecular weight excluding hydrogens is 214 g/mol. The molecule has 84 valence electrons. The molecule has 1 unspecified atom stereocenters. The number of carbonyl (C=O) groups excluding carboxylic acids is 1. The maximum Gasteiger partial charge on any atom is 0.256 e. The van der Waals surface area contributed by atoms with Crippen molar-refractivity contribution in [1.29, 1.82) is 0 Å². The SMILES string of the molecule is O=C1c2cc3ccccc3cc2C2COCN12. The van der Waals surface area contributed by atoms with E-state index in [4.69, 9.17) is 4.74 Å². The van der Waals surface area contributed by atoms with Crippen LogP contribution in [-0.2, 0) is 4.74 Å². The number of carbonyl (C=O) groups is 1. The van der Waals surface area contributed by atoms with Crippen LogP contribution in [0.2, 0.25) is 0 Å². The van der Waals surface area contributed by atoms with Crippen molar-refractivity contribution in [3.05, 3.63) is 47.5 Å². The quantitative estimate of drug-likeness (QED) is 0.688. The van der Waals surface area contributed by atoms with E-state index in [2.05, 4.69) is 12.1 Å². The fourth-order valence-corrected chi connectivity index (χ4v) is 2.77. The molecule has 0 bridgehead atoms. The van der Waals surface area contributed by atoms with E-state index in [1.165, 1.54) is 5.39 Å². The standard InChI is InChI=1S/C14H11NO2/c16-14-12-6-10-4-2-1-3-9(10)5-11(12)13-7-17-8-15(13)14/h1-6,13H,7-8H2. The topological polar surface area (TPSA) is 29.5 Å². The van der Waals surface area contributed by atoms with E-state index in [0.29, 0.717) is 13.3 Å². The molecule has 2 aliphatic rings. The van der Waals surface area contributed by atoms with Crippen LogP contribution in [-0.4, -0.2) is 24.1 Å². The molecule has 2 aromatic carbocycles. The van der Waals surface area contributed by atoms with Gasteiger partial charge in [0, 0.05) is 5.56 Å². The predicted octanol–water partition coefficient (Wildman–Crippen LogP) is 2.32. The van der Waals surface area contributed by atoms with Gasteiger partial charge in [0.1, 0.15) is 6.73 Å². The van der Waals surface area contributed by atoms with Crippen LogP contribution in [0.3, 0.4) is 0 Å². The van der Waals surface area contributed by atoms with Gasteiger partial charge < -0.3 is 9.64 Å². The van der Waals surface area contributed by atoms with Crippen molar-refractivity contribution in [2.75, 3.05) is 13.3 Å². The van der Waals surface area contributed by atoms with Gasteiger partial charge in [-0.2, -0.15) is 0 Å². The van der Waals surface area contributed by atoms with Gasteiger partial charge >= 0.3 is 0 Å². The Labute approximate surface area is 98.6 Å². The van der Waals surface area contributed by atoms with E-state index < -0.39 is 0 Å². The first kappa shape index (κ1) is 9.19. The first-order valence-electron chi connectivity index (χ1n) is 5.76. The Balaban J connectivity index is 2.02. The molecule has 1 atom stereocenters. The minimum atomic E-state index is 0.105. The van der Waals surface area contributed by atoms with Gasteiger partial charge in [0.2, 0.25) is 0 Å². The Morgan fingerprint density at radius 2 is 1.94 bits per heavy atom. The molecule has 0 saturated carbocycles. The van der Waals surface area contributed by atoms with Crippen LogP contribution in [0, 0.1) is 0 Å². The van der Waals surface area contributed by atoms with Crippen LogP contribution >= 0.6 is 0 Å². The molecule has 17 heavy (non-hydrogen) atoms. The minimum Gasteiger partial charge on any atom is -0.359 e. The summed E-state index contributed by atoms with van der Waals surface area (Å²) in [4.78, 5) is 14.0. The van der Waals surface area contributed by atoms with E-state index in [1.54, 1.807) is 0 Å². The molecule has 0 radical (unpaired) electrons. The first-order valence-corrected chi connectivity index (χ1v) is 5.76. The van der Waals surface area contributed by atoms with Gasteiger partial charge in [0.05, 0.1) is 12.6 Å². The number of rotatable bonds is 0. The number of hydrogen-bond donors (Lipinski definition) is 0. The van der Waals surface area contributed by atoms with Gasteiger partial charge in [-0.15, -0.1) is 0 Å². The van der Waals surface area contributed by atoms with Gasteiger partial charge in [-0.3, -0.25) is 4.79 Å². The maximum absolute atomic E-state index is 12.2. The predicted molar refractivity (Wildman–Crippen MR) is 63.7 cm³/mol. The molecule has 0 aromatic heterocycles. The lowest BCUT2D eigenvalue weighted by atomic mass is 9.99. The second-order valence-corrected chi connectivity index (χ2v) is 4.58. The highest BCUT2D eigenvalue weighted by molar-refractivity contribution is 6.03. The molecule has 2 aliphatic heterocycles. The van der Waals surface area contributed by atoms with E-state index in [0.717, 1.165) is 16.5 Å². The smallest absolute Gasteiger partial charge is 0.256 e. The zero-order valence-electron chi connectivity index (χ0n) is 9.22. The minimum absolute atomic E-state index is 0.105. The third-order valence-electron chi connectivity index (χ3n) is 3.65. The molecule has 1 saturated heterocycles.